The first kappa shape index (κ1) is 21.8. The number of amides is 2. The third-order valence-corrected chi connectivity index (χ3v) is 4.82. The highest BCUT2D eigenvalue weighted by Crippen LogP contribution is 2.39. The predicted molar refractivity (Wildman–Crippen MR) is 116 cm³/mol. The Labute approximate surface area is 177 Å². The molecule has 2 aromatic rings. The number of anilines is 2. The number of nitrogens with zero attached hydrogens (tertiary/aromatic N) is 4. The van der Waals surface area contributed by atoms with E-state index in [0.717, 1.165) is 11.1 Å². The maximum atomic E-state index is 12.8. The van der Waals surface area contributed by atoms with Gasteiger partial charge < -0.3 is 14.7 Å². The van der Waals surface area contributed by atoms with Crippen LogP contribution in [0.2, 0.25) is 0 Å². The second-order valence-corrected chi connectivity index (χ2v) is 8.72. The van der Waals surface area contributed by atoms with Crippen molar-refractivity contribution in [3.63, 3.8) is 0 Å². The molecule has 0 unspecified atom stereocenters. The van der Waals surface area contributed by atoms with Crippen LogP contribution in [0.3, 0.4) is 0 Å². The van der Waals surface area contributed by atoms with Gasteiger partial charge in [-0.25, -0.2) is 4.79 Å². The molecule has 0 fully saturated rings. The summed E-state index contributed by atoms with van der Waals surface area (Å²) in [4.78, 5) is 28.3. The molecule has 1 aromatic heterocycles. The number of hydrogen-bond acceptors (Lipinski definition) is 5. The Morgan fingerprint density at radius 2 is 1.97 bits per heavy atom. The van der Waals surface area contributed by atoms with E-state index in [1.807, 2.05) is 45.2 Å². The minimum Gasteiger partial charge on any atom is -0.446 e. The average molecular weight is 415 g/mol. The van der Waals surface area contributed by atoms with Crippen LogP contribution < -0.4 is 9.80 Å². The molecule has 1 N–H and O–H groups in total. The molecule has 0 bridgehead atoms. The minimum absolute atomic E-state index is 0.0774. The summed E-state index contributed by atoms with van der Waals surface area (Å²) < 4.78 is 7.12. The summed E-state index contributed by atoms with van der Waals surface area (Å²) in [5.74, 6) is -0.0774. The summed E-state index contributed by atoms with van der Waals surface area (Å²) in [6.45, 7) is 11.2. The second kappa shape index (κ2) is 8.10. The van der Waals surface area contributed by atoms with Crippen LogP contribution in [-0.4, -0.2) is 51.2 Å². The van der Waals surface area contributed by atoms with E-state index in [4.69, 9.17) is 4.74 Å². The topological polar surface area (TPSA) is 87.9 Å². The average Bonchev–Trinajstić information content (AvgIpc) is 3.06. The molecule has 1 atom stereocenters. The molecule has 3 rings (SSSR count). The highest BCUT2D eigenvalue weighted by Gasteiger charge is 2.34. The lowest BCUT2D eigenvalue weighted by atomic mass is 10.0. The molecule has 162 valence electrons. The van der Waals surface area contributed by atoms with E-state index in [-0.39, 0.29) is 18.1 Å². The normalized spacial score (nSPS) is 16.6. The standard InChI is InChI=1S/C22H30N4O4/c1-14(2)30-21(28)25-11-15(3)26(16(4)27)19-8-7-17(9-20(19)25)18-10-23-24(12-18)13-22(5,6)29/h7-10,12,14-15,29H,11,13H2,1-6H3/t15-/m0/s1. The number of hydrogen-bond donors (Lipinski definition) is 1. The van der Waals surface area contributed by atoms with Crippen LogP contribution in [-0.2, 0) is 16.1 Å². The number of rotatable bonds is 4. The Morgan fingerprint density at radius 3 is 2.57 bits per heavy atom. The molecule has 1 aromatic carbocycles. The Balaban J connectivity index is 2.02. The van der Waals surface area contributed by atoms with Gasteiger partial charge >= 0.3 is 6.09 Å². The van der Waals surface area contributed by atoms with E-state index in [9.17, 15) is 14.7 Å². The van der Waals surface area contributed by atoms with Gasteiger partial charge in [0.25, 0.3) is 0 Å². The minimum atomic E-state index is -0.880. The molecule has 0 radical (unpaired) electrons. The van der Waals surface area contributed by atoms with Gasteiger partial charge in [0.1, 0.15) is 0 Å². The highest BCUT2D eigenvalue weighted by atomic mass is 16.6. The van der Waals surface area contributed by atoms with Crippen molar-refractivity contribution < 1.29 is 19.4 Å². The van der Waals surface area contributed by atoms with Crippen molar-refractivity contribution in [1.82, 2.24) is 9.78 Å². The van der Waals surface area contributed by atoms with Gasteiger partial charge in [0.15, 0.2) is 0 Å². The van der Waals surface area contributed by atoms with E-state index >= 15 is 0 Å². The smallest absolute Gasteiger partial charge is 0.414 e. The van der Waals surface area contributed by atoms with E-state index in [2.05, 4.69) is 5.10 Å². The van der Waals surface area contributed by atoms with Crippen LogP contribution in [0, 0.1) is 0 Å². The van der Waals surface area contributed by atoms with Crippen LogP contribution in [0.25, 0.3) is 11.1 Å². The Hall–Kier alpha value is -2.87. The van der Waals surface area contributed by atoms with Gasteiger partial charge in [-0.15, -0.1) is 0 Å². The zero-order valence-corrected chi connectivity index (χ0v) is 18.4. The van der Waals surface area contributed by atoms with E-state index in [1.54, 1.807) is 34.5 Å². The molecule has 2 heterocycles. The molecule has 8 nitrogen and oxygen atoms in total. The van der Waals surface area contributed by atoms with Crippen molar-refractivity contribution in [3.8, 4) is 11.1 Å². The van der Waals surface area contributed by atoms with Crippen molar-refractivity contribution in [3.05, 3.63) is 30.6 Å². The van der Waals surface area contributed by atoms with Crippen molar-refractivity contribution in [2.24, 2.45) is 0 Å². The lowest BCUT2D eigenvalue weighted by molar-refractivity contribution is -0.117. The summed E-state index contributed by atoms with van der Waals surface area (Å²) >= 11 is 0. The molecular weight excluding hydrogens is 384 g/mol. The Kier molecular flexibility index (Phi) is 5.90. The number of aliphatic hydroxyl groups is 1. The molecule has 2 amide bonds. The van der Waals surface area contributed by atoms with Crippen LogP contribution in [0.15, 0.2) is 30.6 Å². The molecule has 0 spiro atoms. The lowest BCUT2D eigenvalue weighted by Gasteiger charge is -2.40. The number of carbonyl (C=O) groups is 2. The van der Waals surface area contributed by atoms with Gasteiger partial charge in [-0.05, 0) is 52.3 Å². The quantitative estimate of drug-likeness (QED) is 0.828. The monoisotopic (exact) mass is 414 g/mol. The molecule has 8 heteroatoms. The maximum absolute atomic E-state index is 12.8. The summed E-state index contributed by atoms with van der Waals surface area (Å²) in [6, 6.07) is 5.47. The van der Waals surface area contributed by atoms with Gasteiger partial charge in [0.05, 0.1) is 41.9 Å². The van der Waals surface area contributed by atoms with Crippen molar-refractivity contribution in [2.75, 3.05) is 16.3 Å². The number of fused-ring (bicyclic) bond motifs is 1. The first-order valence-corrected chi connectivity index (χ1v) is 10.1. The van der Waals surface area contributed by atoms with Crippen LogP contribution in [0.5, 0.6) is 0 Å². The van der Waals surface area contributed by atoms with Gasteiger partial charge in [-0.3, -0.25) is 14.4 Å². The van der Waals surface area contributed by atoms with Gasteiger partial charge in [-0.1, -0.05) is 6.07 Å². The van der Waals surface area contributed by atoms with Crippen LogP contribution in [0.4, 0.5) is 16.2 Å². The first-order chi connectivity index (χ1) is 14.0. The van der Waals surface area contributed by atoms with Gasteiger partial charge in [-0.2, -0.15) is 5.10 Å². The van der Waals surface area contributed by atoms with Crippen molar-refractivity contribution in [1.29, 1.82) is 0 Å². The fourth-order valence-electron chi connectivity index (χ4n) is 3.72. The number of aromatic nitrogens is 2. The third kappa shape index (κ3) is 4.64. The SMILES string of the molecule is CC(=O)N1c2ccc(-c3cnn(CC(C)(C)O)c3)cc2N(C(=O)OC(C)C)C[C@@H]1C. The van der Waals surface area contributed by atoms with E-state index in [0.29, 0.717) is 24.5 Å². The highest BCUT2D eigenvalue weighted by molar-refractivity contribution is 6.03. The van der Waals surface area contributed by atoms with Gasteiger partial charge in [0, 0.05) is 25.2 Å². The van der Waals surface area contributed by atoms with Crippen molar-refractivity contribution >= 4 is 23.4 Å². The lowest BCUT2D eigenvalue weighted by Crippen LogP contribution is -2.51. The fourth-order valence-corrected chi connectivity index (χ4v) is 3.72. The molecule has 1 aliphatic heterocycles. The summed E-state index contributed by atoms with van der Waals surface area (Å²) in [5.41, 5.74) is 2.13. The summed E-state index contributed by atoms with van der Waals surface area (Å²) in [7, 11) is 0. The largest absolute Gasteiger partial charge is 0.446 e. The Morgan fingerprint density at radius 1 is 1.27 bits per heavy atom. The molecule has 30 heavy (non-hydrogen) atoms. The molecule has 0 saturated heterocycles. The van der Waals surface area contributed by atoms with Crippen LogP contribution in [0.1, 0.15) is 41.5 Å². The van der Waals surface area contributed by atoms with E-state index < -0.39 is 11.7 Å². The van der Waals surface area contributed by atoms with Crippen LogP contribution >= 0.6 is 0 Å². The van der Waals surface area contributed by atoms with E-state index in [1.165, 1.54) is 6.92 Å². The zero-order valence-electron chi connectivity index (χ0n) is 18.4. The number of benzene rings is 1. The summed E-state index contributed by atoms with van der Waals surface area (Å²) in [5, 5.41) is 14.4. The number of carbonyl (C=O) groups excluding carboxylic acids is 2. The van der Waals surface area contributed by atoms with Gasteiger partial charge in [0.2, 0.25) is 5.91 Å². The molecule has 1 aliphatic rings. The fraction of sp³-hybridized carbons (Fsp3) is 0.500. The molecule has 0 saturated carbocycles. The zero-order chi connectivity index (χ0) is 22.2. The first-order valence-electron chi connectivity index (χ1n) is 10.1. The molecule has 0 aliphatic carbocycles. The third-order valence-electron chi connectivity index (χ3n) is 4.82. The second-order valence-electron chi connectivity index (χ2n) is 8.72. The van der Waals surface area contributed by atoms with Crippen molar-refractivity contribution in [2.45, 2.75) is 65.8 Å². The summed E-state index contributed by atoms with van der Waals surface area (Å²) in [6.07, 6.45) is 2.89. The Bertz CT molecular complexity index is 945. The predicted octanol–water partition coefficient (Wildman–Crippen LogP) is 3.43. The maximum Gasteiger partial charge on any atom is 0.414 e. The molecular formula is C22H30N4O4. The number of ether oxygens (including phenoxy) is 1.